The highest BCUT2D eigenvalue weighted by Crippen LogP contribution is 2.42. The van der Waals surface area contributed by atoms with E-state index in [0.717, 1.165) is 34.0 Å². The van der Waals surface area contributed by atoms with E-state index in [1.807, 2.05) is 26.8 Å². The molecule has 3 heterocycles. The van der Waals surface area contributed by atoms with Gasteiger partial charge in [-0.1, -0.05) is 0 Å². The number of hydrogen-bond acceptors (Lipinski definition) is 4. The Hall–Kier alpha value is -2.61. The molecule has 0 spiro atoms. The van der Waals surface area contributed by atoms with Gasteiger partial charge in [0.15, 0.2) is 0 Å². The van der Waals surface area contributed by atoms with Crippen molar-refractivity contribution in [3.8, 4) is 16.9 Å². The second-order valence-corrected chi connectivity index (χ2v) is 9.84. The summed E-state index contributed by atoms with van der Waals surface area (Å²) in [5.74, 6) is 0.349. The van der Waals surface area contributed by atoms with E-state index in [-0.39, 0.29) is 17.8 Å². The summed E-state index contributed by atoms with van der Waals surface area (Å²) in [5, 5.41) is 0.862. The maximum Gasteiger partial charge on any atom is 0.410 e. The van der Waals surface area contributed by atoms with Gasteiger partial charge in [-0.15, -0.1) is 0 Å². The van der Waals surface area contributed by atoms with Crippen LogP contribution in [0.5, 0.6) is 5.75 Å². The van der Waals surface area contributed by atoms with Gasteiger partial charge in [-0.05, 0) is 79.4 Å². The Morgan fingerprint density at radius 3 is 2.78 bits per heavy atom. The van der Waals surface area contributed by atoms with E-state index in [1.54, 1.807) is 24.3 Å². The lowest BCUT2D eigenvalue weighted by molar-refractivity contribution is 0.0197. The van der Waals surface area contributed by atoms with Gasteiger partial charge < -0.3 is 19.4 Å². The molecule has 8 heteroatoms. The third-order valence-electron chi connectivity index (χ3n) is 5.59. The highest BCUT2D eigenvalue weighted by atomic mass is 79.9. The molecule has 4 rings (SSSR count). The molecule has 32 heavy (non-hydrogen) atoms. The first kappa shape index (κ1) is 22.6. The zero-order valence-electron chi connectivity index (χ0n) is 18.7. The molecule has 3 aromatic rings. The van der Waals surface area contributed by atoms with Crippen LogP contribution in [0.15, 0.2) is 34.9 Å². The molecular weight excluding hydrogens is 477 g/mol. The molecule has 0 radical (unpaired) electrons. The molecule has 1 N–H and O–H groups in total. The lowest BCUT2D eigenvalue weighted by atomic mass is 9.94. The Morgan fingerprint density at radius 1 is 1.28 bits per heavy atom. The number of carbonyl (C=O) groups is 1. The zero-order chi connectivity index (χ0) is 23.0. The quantitative estimate of drug-likeness (QED) is 0.458. The first-order chi connectivity index (χ1) is 15.2. The summed E-state index contributed by atoms with van der Waals surface area (Å²) in [6.45, 7) is 6.84. The Labute approximate surface area is 195 Å². The Balaban J connectivity index is 1.72. The first-order valence-corrected chi connectivity index (χ1v) is 11.4. The number of halogens is 2. The van der Waals surface area contributed by atoms with Crippen LogP contribution in [0.25, 0.3) is 22.2 Å². The van der Waals surface area contributed by atoms with Crippen LogP contribution in [0, 0.1) is 5.82 Å². The summed E-state index contributed by atoms with van der Waals surface area (Å²) in [5.41, 5.74) is 2.62. The number of likely N-dealkylation sites (tertiary alicyclic amines) is 1. The van der Waals surface area contributed by atoms with Crippen molar-refractivity contribution in [2.45, 2.75) is 45.1 Å². The van der Waals surface area contributed by atoms with E-state index in [4.69, 9.17) is 9.47 Å². The van der Waals surface area contributed by atoms with Crippen LogP contribution < -0.4 is 4.74 Å². The largest absolute Gasteiger partial charge is 0.496 e. The fraction of sp³-hybridized carbons (Fsp3) is 0.417. The molecule has 1 amide bonds. The van der Waals surface area contributed by atoms with Gasteiger partial charge in [0.2, 0.25) is 0 Å². The van der Waals surface area contributed by atoms with E-state index < -0.39 is 5.60 Å². The number of aromatic amines is 1. The first-order valence-electron chi connectivity index (χ1n) is 10.7. The van der Waals surface area contributed by atoms with E-state index in [0.29, 0.717) is 30.0 Å². The monoisotopic (exact) mass is 503 g/mol. The summed E-state index contributed by atoms with van der Waals surface area (Å²) in [6, 6.07) is 6.33. The van der Waals surface area contributed by atoms with E-state index in [2.05, 4.69) is 25.9 Å². The van der Waals surface area contributed by atoms with Gasteiger partial charge in [-0.3, -0.25) is 0 Å². The van der Waals surface area contributed by atoms with Crippen molar-refractivity contribution in [1.29, 1.82) is 0 Å². The number of ether oxygens (including phenoxy) is 2. The molecule has 1 atom stereocenters. The number of hydrogen-bond donors (Lipinski definition) is 1. The molecule has 1 fully saturated rings. The van der Waals surface area contributed by atoms with Crippen LogP contribution in [0.3, 0.4) is 0 Å². The normalized spacial score (nSPS) is 16.9. The molecule has 0 aliphatic carbocycles. The van der Waals surface area contributed by atoms with Gasteiger partial charge in [0.1, 0.15) is 22.8 Å². The lowest BCUT2D eigenvalue weighted by Gasteiger charge is -2.34. The third-order valence-corrected chi connectivity index (χ3v) is 6.42. The second kappa shape index (κ2) is 8.73. The number of nitrogens with zero attached hydrogens (tertiary/aromatic N) is 2. The molecule has 0 bridgehead atoms. The zero-order valence-corrected chi connectivity index (χ0v) is 20.3. The standard InChI is InChI=1S/C24H27BrFN3O3/c1-24(2,3)32-23(30)29-11-5-6-14(13-29)21-20(25)19-16(9-10-27-22(19)28-21)17-12-15(26)7-8-18(17)31-4/h7-10,12,14H,5-6,11,13H2,1-4H3,(H,27,28). The number of fused-ring (bicyclic) bond motifs is 1. The van der Waals surface area contributed by atoms with Crippen molar-refractivity contribution < 1.29 is 18.7 Å². The maximum atomic E-state index is 14.1. The number of carbonyl (C=O) groups excluding carboxylic acids is 1. The van der Waals surface area contributed by atoms with Gasteiger partial charge >= 0.3 is 6.09 Å². The highest BCUT2D eigenvalue weighted by Gasteiger charge is 2.31. The number of amides is 1. The van der Waals surface area contributed by atoms with Crippen LogP contribution in [0.4, 0.5) is 9.18 Å². The summed E-state index contributed by atoms with van der Waals surface area (Å²) in [7, 11) is 1.57. The Bertz CT molecular complexity index is 1160. The number of benzene rings is 1. The molecule has 1 aliphatic heterocycles. The SMILES string of the molecule is COc1ccc(F)cc1-c1ccnc2[nH]c(C3CCCN(C(=O)OC(C)(C)C)C3)c(Br)c12. The average molecular weight is 504 g/mol. The minimum Gasteiger partial charge on any atom is -0.496 e. The number of H-pyrrole nitrogens is 1. The molecule has 1 aromatic carbocycles. The summed E-state index contributed by atoms with van der Waals surface area (Å²) < 4.78 is 26.0. The smallest absolute Gasteiger partial charge is 0.410 e. The minimum absolute atomic E-state index is 0.0992. The average Bonchev–Trinajstić information content (AvgIpc) is 3.09. The summed E-state index contributed by atoms with van der Waals surface area (Å²) in [6.07, 6.45) is 3.22. The van der Waals surface area contributed by atoms with E-state index in [9.17, 15) is 9.18 Å². The number of methoxy groups -OCH3 is 1. The van der Waals surface area contributed by atoms with Crippen molar-refractivity contribution in [3.63, 3.8) is 0 Å². The van der Waals surface area contributed by atoms with Crippen LogP contribution in [-0.4, -0.2) is 46.8 Å². The van der Waals surface area contributed by atoms with Gasteiger partial charge in [0, 0.05) is 46.3 Å². The van der Waals surface area contributed by atoms with Gasteiger partial charge in [-0.2, -0.15) is 0 Å². The lowest BCUT2D eigenvalue weighted by Crippen LogP contribution is -2.42. The van der Waals surface area contributed by atoms with E-state index >= 15 is 0 Å². The fourth-order valence-corrected chi connectivity index (χ4v) is 5.02. The van der Waals surface area contributed by atoms with Crippen LogP contribution in [0.1, 0.15) is 45.2 Å². The predicted molar refractivity (Wildman–Crippen MR) is 126 cm³/mol. The molecule has 1 saturated heterocycles. The van der Waals surface area contributed by atoms with Crippen molar-refractivity contribution in [1.82, 2.24) is 14.9 Å². The minimum atomic E-state index is -0.533. The maximum absolute atomic E-state index is 14.1. The highest BCUT2D eigenvalue weighted by molar-refractivity contribution is 9.10. The molecule has 0 saturated carbocycles. The molecule has 2 aromatic heterocycles. The number of piperidine rings is 1. The van der Waals surface area contributed by atoms with E-state index in [1.165, 1.54) is 12.1 Å². The van der Waals surface area contributed by atoms with Gasteiger partial charge in [-0.25, -0.2) is 14.2 Å². The summed E-state index contributed by atoms with van der Waals surface area (Å²) >= 11 is 3.77. The molecule has 6 nitrogen and oxygen atoms in total. The topological polar surface area (TPSA) is 67.5 Å². The second-order valence-electron chi connectivity index (χ2n) is 9.04. The van der Waals surface area contributed by atoms with Gasteiger partial charge in [0.25, 0.3) is 0 Å². The van der Waals surface area contributed by atoms with Crippen LogP contribution in [0.2, 0.25) is 0 Å². The van der Waals surface area contributed by atoms with Crippen molar-refractivity contribution >= 4 is 33.1 Å². The molecule has 1 aliphatic rings. The van der Waals surface area contributed by atoms with Gasteiger partial charge in [0.05, 0.1) is 7.11 Å². The van der Waals surface area contributed by atoms with Crippen molar-refractivity contribution in [3.05, 3.63) is 46.4 Å². The predicted octanol–water partition coefficient (Wildman–Crippen LogP) is 6.25. The fourth-order valence-electron chi connectivity index (χ4n) is 4.20. The molecule has 1 unspecified atom stereocenters. The van der Waals surface area contributed by atoms with Crippen molar-refractivity contribution in [2.75, 3.05) is 20.2 Å². The summed E-state index contributed by atoms with van der Waals surface area (Å²) in [4.78, 5) is 22.3. The van der Waals surface area contributed by atoms with Crippen LogP contribution in [-0.2, 0) is 4.74 Å². The number of aromatic nitrogens is 2. The molecule has 170 valence electrons. The number of nitrogens with one attached hydrogen (secondary N) is 1. The van der Waals surface area contributed by atoms with Crippen LogP contribution >= 0.6 is 15.9 Å². The number of pyridine rings is 1. The Kier molecular flexibility index (Phi) is 6.16. The Morgan fingerprint density at radius 2 is 2.06 bits per heavy atom. The third kappa shape index (κ3) is 4.46. The van der Waals surface area contributed by atoms with Crippen molar-refractivity contribution in [2.24, 2.45) is 0 Å². The molecular formula is C24H27BrFN3O3. The number of rotatable bonds is 3.